The van der Waals surface area contributed by atoms with E-state index in [1.807, 2.05) is 13.8 Å². The van der Waals surface area contributed by atoms with Crippen LogP contribution in [0.15, 0.2) is 47.2 Å². The molecule has 0 amide bonds. The van der Waals surface area contributed by atoms with Gasteiger partial charge in [0.1, 0.15) is 0 Å². The first kappa shape index (κ1) is 15.9. The van der Waals surface area contributed by atoms with Gasteiger partial charge in [-0.05, 0) is 25.8 Å². The molecule has 19 heavy (non-hydrogen) atoms. The van der Waals surface area contributed by atoms with Crippen molar-refractivity contribution in [3.8, 4) is 0 Å². The van der Waals surface area contributed by atoms with Crippen molar-refractivity contribution in [3.63, 3.8) is 0 Å². The molecule has 0 unspecified atom stereocenters. The number of carbonyl (C=O) groups is 2. The van der Waals surface area contributed by atoms with Crippen LogP contribution in [-0.4, -0.2) is 11.6 Å². The Labute approximate surface area is 134 Å². The fourth-order valence-corrected chi connectivity index (χ4v) is 1.90. The number of benzene rings is 1. The summed E-state index contributed by atoms with van der Waals surface area (Å²) in [6, 6.07) is 6.45. The van der Waals surface area contributed by atoms with Crippen LogP contribution < -0.4 is 34.7 Å². The molecule has 3 nitrogen and oxygen atoms in total. The van der Waals surface area contributed by atoms with Gasteiger partial charge in [-0.25, -0.2) is 0 Å². The minimum absolute atomic E-state index is 0. The first-order chi connectivity index (χ1) is 8.52. The summed E-state index contributed by atoms with van der Waals surface area (Å²) in [5.41, 5.74) is 1.63. The second-order valence-electron chi connectivity index (χ2n) is 4.50. The van der Waals surface area contributed by atoms with Crippen LogP contribution in [0, 0.1) is 0 Å². The summed E-state index contributed by atoms with van der Waals surface area (Å²) in [5, 5.41) is 11.9. The summed E-state index contributed by atoms with van der Waals surface area (Å²) < 4.78 is 0. The SMILES string of the molecule is CC(C)=CCC1=C([O-])C(=O)c2ccccc2C1=O.[Na+]. The predicted octanol–water partition coefficient (Wildman–Crippen LogP) is -0.960. The van der Waals surface area contributed by atoms with Crippen LogP contribution >= 0.6 is 0 Å². The molecule has 0 atom stereocenters. The van der Waals surface area contributed by atoms with E-state index in [4.69, 9.17) is 0 Å². The normalized spacial score (nSPS) is 13.8. The van der Waals surface area contributed by atoms with Gasteiger partial charge in [0.15, 0.2) is 11.6 Å². The van der Waals surface area contributed by atoms with Crippen molar-refractivity contribution in [3.05, 3.63) is 58.4 Å². The molecular formula is C15H13NaO3. The molecule has 0 fully saturated rings. The molecule has 0 aliphatic heterocycles. The molecule has 4 heteroatoms. The maximum Gasteiger partial charge on any atom is 1.00 e. The van der Waals surface area contributed by atoms with E-state index < -0.39 is 11.5 Å². The second-order valence-corrected chi connectivity index (χ2v) is 4.50. The quantitative estimate of drug-likeness (QED) is 0.511. The van der Waals surface area contributed by atoms with Crippen molar-refractivity contribution < 1.29 is 44.3 Å². The molecule has 0 radical (unpaired) electrons. The van der Waals surface area contributed by atoms with Gasteiger partial charge >= 0.3 is 29.6 Å². The number of hydrogen-bond donors (Lipinski definition) is 0. The minimum Gasteiger partial charge on any atom is -0.870 e. The first-order valence-electron chi connectivity index (χ1n) is 5.74. The molecule has 2 rings (SSSR count). The van der Waals surface area contributed by atoms with E-state index in [9.17, 15) is 14.7 Å². The molecule has 0 spiro atoms. The molecule has 1 aliphatic carbocycles. The number of ketones is 2. The zero-order valence-electron chi connectivity index (χ0n) is 11.3. The van der Waals surface area contributed by atoms with Gasteiger partial charge in [-0.1, -0.05) is 41.7 Å². The molecule has 92 valence electrons. The Morgan fingerprint density at radius 1 is 1.11 bits per heavy atom. The Hall–Kier alpha value is -1.16. The van der Waals surface area contributed by atoms with E-state index >= 15 is 0 Å². The van der Waals surface area contributed by atoms with E-state index in [1.54, 1.807) is 24.3 Å². The Morgan fingerprint density at radius 2 is 1.63 bits per heavy atom. The second kappa shape index (κ2) is 6.33. The Balaban J connectivity index is 0.00000180. The Bertz CT molecular complexity index is 593. The maximum absolute atomic E-state index is 12.1. The van der Waals surface area contributed by atoms with E-state index in [0.29, 0.717) is 5.56 Å². The van der Waals surface area contributed by atoms with Gasteiger partial charge < -0.3 is 5.11 Å². The van der Waals surface area contributed by atoms with Crippen LogP contribution in [0.2, 0.25) is 0 Å². The predicted molar refractivity (Wildman–Crippen MR) is 66.2 cm³/mol. The summed E-state index contributed by atoms with van der Waals surface area (Å²) in [5.74, 6) is -1.58. The van der Waals surface area contributed by atoms with Gasteiger partial charge in [0.05, 0.1) is 0 Å². The molecule has 1 aromatic rings. The maximum atomic E-state index is 12.1. The van der Waals surface area contributed by atoms with Gasteiger partial charge in [-0.15, -0.1) is 0 Å². The zero-order valence-corrected chi connectivity index (χ0v) is 13.3. The van der Waals surface area contributed by atoms with Crippen molar-refractivity contribution in [1.29, 1.82) is 0 Å². The summed E-state index contributed by atoms with van der Waals surface area (Å²) in [6.45, 7) is 3.77. The minimum atomic E-state index is -0.670. The third-order valence-corrected chi connectivity index (χ3v) is 2.89. The summed E-state index contributed by atoms with van der Waals surface area (Å²) >= 11 is 0. The Morgan fingerprint density at radius 3 is 2.16 bits per heavy atom. The van der Waals surface area contributed by atoms with Gasteiger partial charge in [0, 0.05) is 11.1 Å². The van der Waals surface area contributed by atoms with E-state index in [1.165, 1.54) is 6.07 Å². The number of hydrogen-bond acceptors (Lipinski definition) is 3. The van der Waals surface area contributed by atoms with E-state index in [0.717, 1.165) is 5.57 Å². The van der Waals surface area contributed by atoms with Gasteiger partial charge in [-0.2, -0.15) is 0 Å². The molecule has 0 heterocycles. The standard InChI is InChI=1S/C15H14O3.Na/c1-9(2)7-8-12-13(16)10-5-3-4-6-11(10)14(17)15(12)18;/h3-7,18H,8H2,1-2H3;/q;+1/p-1. The Kier molecular flexibility index (Phi) is 5.29. The number of fused-ring (bicyclic) bond motifs is 1. The number of Topliss-reactive ketones (excluding diaryl/α,β-unsaturated/α-hetero) is 2. The molecular weight excluding hydrogens is 251 g/mol. The van der Waals surface area contributed by atoms with Crippen LogP contribution in [0.1, 0.15) is 41.0 Å². The summed E-state index contributed by atoms with van der Waals surface area (Å²) in [6.07, 6.45) is 2.01. The topological polar surface area (TPSA) is 57.2 Å². The number of allylic oxidation sites excluding steroid dienone is 4. The molecule has 1 aromatic carbocycles. The molecule has 0 saturated heterocycles. The molecule has 0 N–H and O–H groups in total. The molecule has 0 bridgehead atoms. The first-order valence-corrected chi connectivity index (χ1v) is 5.74. The van der Waals surface area contributed by atoms with Gasteiger partial charge in [0.2, 0.25) is 0 Å². The smallest absolute Gasteiger partial charge is 0.870 e. The van der Waals surface area contributed by atoms with Crippen molar-refractivity contribution >= 4 is 11.6 Å². The van der Waals surface area contributed by atoms with Crippen LogP contribution in [0.5, 0.6) is 0 Å². The summed E-state index contributed by atoms with van der Waals surface area (Å²) in [4.78, 5) is 24.0. The fraction of sp³-hybridized carbons (Fsp3) is 0.200. The van der Waals surface area contributed by atoms with Crippen molar-refractivity contribution in [2.45, 2.75) is 20.3 Å². The molecule has 0 saturated carbocycles. The largest absolute Gasteiger partial charge is 1.00 e. The van der Waals surface area contributed by atoms with Gasteiger partial charge in [-0.3, -0.25) is 9.59 Å². The summed E-state index contributed by atoms with van der Waals surface area (Å²) in [7, 11) is 0. The molecule has 0 aromatic heterocycles. The third-order valence-electron chi connectivity index (χ3n) is 2.89. The van der Waals surface area contributed by atoms with E-state index in [-0.39, 0.29) is 52.9 Å². The van der Waals surface area contributed by atoms with Crippen LogP contribution in [-0.2, 0) is 0 Å². The average Bonchev–Trinajstić information content (AvgIpc) is 2.36. The van der Waals surface area contributed by atoms with Crippen LogP contribution in [0.3, 0.4) is 0 Å². The number of rotatable bonds is 2. The third kappa shape index (κ3) is 3.06. The van der Waals surface area contributed by atoms with Crippen molar-refractivity contribution in [1.82, 2.24) is 0 Å². The zero-order chi connectivity index (χ0) is 13.3. The molecule has 1 aliphatic rings. The number of carbonyl (C=O) groups excluding carboxylic acids is 2. The van der Waals surface area contributed by atoms with Crippen LogP contribution in [0.4, 0.5) is 0 Å². The monoisotopic (exact) mass is 264 g/mol. The fourth-order valence-electron chi connectivity index (χ4n) is 1.90. The van der Waals surface area contributed by atoms with Crippen LogP contribution in [0.25, 0.3) is 0 Å². The average molecular weight is 264 g/mol. The van der Waals surface area contributed by atoms with Gasteiger partial charge in [0.25, 0.3) is 0 Å². The van der Waals surface area contributed by atoms with Crippen molar-refractivity contribution in [2.75, 3.05) is 0 Å². The van der Waals surface area contributed by atoms with Crippen molar-refractivity contribution in [2.24, 2.45) is 0 Å². The van der Waals surface area contributed by atoms with E-state index in [2.05, 4.69) is 0 Å².